The fraction of sp³-hybridized carbons (Fsp3) is 0.600. The fourth-order valence-electron chi connectivity index (χ4n) is 1.95. The molecule has 1 atom stereocenters. The predicted octanol–water partition coefficient (Wildman–Crippen LogP) is 3.67. The molecule has 1 aromatic carbocycles. The molecule has 0 aromatic heterocycles. The lowest BCUT2D eigenvalue weighted by molar-refractivity contribution is 0.206. The van der Waals surface area contributed by atoms with Gasteiger partial charge in [0.15, 0.2) is 0 Å². The zero-order valence-electron chi connectivity index (χ0n) is 11.5. The summed E-state index contributed by atoms with van der Waals surface area (Å²) >= 11 is 0. The number of rotatable bonds is 7. The second kappa shape index (κ2) is 7.33. The third-order valence-electron chi connectivity index (χ3n) is 2.87. The molecule has 0 aliphatic rings. The van der Waals surface area contributed by atoms with E-state index in [0.29, 0.717) is 6.10 Å². The molecule has 0 aliphatic heterocycles. The van der Waals surface area contributed by atoms with E-state index in [1.807, 2.05) is 0 Å². The van der Waals surface area contributed by atoms with Crippen molar-refractivity contribution in [1.82, 2.24) is 5.32 Å². The fourth-order valence-corrected chi connectivity index (χ4v) is 1.95. The Balaban J connectivity index is 2.79. The minimum absolute atomic E-state index is 0.293. The number of hydrogen-bond donors (Lipinski definition) is 1. The summed E-state index contributed by atoms with van der Waals surface area (Å²) in [5.41, 5.74) is 2.48. The SMILES string of the molecule is CCCC(C)Oc1c(C)cccc1CNCC. The maximum absolute atomic E-state index is 6.07. The predicted molar refractivity (Wildman–Crippen MR) is 73.6 cm³/mol. The van der Waals surface area contributed by atoms with E-state index in [4.69, 9.17) is 4.74 Å². The van der Waals surface area contributed by atoms with Gasteiger partial charge in [-0.1, -0.05) is 38.5 Å². The summed E-state index contributed by atoms with van der Waals surface area (Å²) < 4.78 is 6.07. The largest absolute Gasteiger partial charge is 0.490 e. The van der Waals surface area contributed by atoms with E-state index >= 15 is 0 Å². The van der Waals surface area contributed by atoms with Crippen molar-refractivity contribution in [3.63, 3.8) is 0 Å². The number of nitrogens with one attached hydrogen (secondary N) is 1. The highest BCUT2D eigenvalue weighted by atomic mass is 16.5. The van der Waals surface area contributed by atoms with Gasteiger partial charge in [-0.2, -0.15) is 0 Å². The molecule has 0 aliphatic carbocycles. The van der Waals surface area contributed by atoms with E-state index in [-0.39, 0.29) is 0 Å². The van der Waals surface area contributed by atoms with Gasteiger partial charge < -0.3 is 10.1 Å². The summed E-state index contributed by atoms with van der Waals surface area (Å²) in [5, 5.41) is 3.36. The average molecular weight is 235 g/mol. The van der Waals surface area contributed by atoms with Gasteiger partial charge in [0.05, 0.1) is 6.10 Å². The van der Waals surface area contributed by atoms with Crippen LogP contribution in [0.1, 0.15) is 44.7 Å². The first-order valence-electron chi connectivity index (χ1n) is 6.64. The maximum atomic E-state index is 6.07. The van der Waals surface area contributed by atoms with Gasteiger partial charge in [0.1, 0.15) is 5.75 Å². The summed E-state index contributed by atoms with van der Waals surface area (Å²) in [4.78, 5) is 0. The molecule has 2 nitrogen and oxygen atoms in total. The van der Waals surface area contributed by atoms with Crippen molar-refractivity contribution in [1.29, 1.82) is 0 Å². The highest BCUT2D eigenvalue weighted by Crippen LogP contribution is 2.25. The molecule has 2 heteroatoms. The van der Waals surface area contributed by atoms with Crippen molar-refractivity contribution >= 4 is 0 Å². The van der Waals surface area contributed by atoms with Crippen LogP contribution in [0.15, 0.2) is 18.2 Å². The van der Waals surface area contributed by atoms with E-state index in [0.717, 1.165) is 31.7 Å². The van der Waals surface area contributed by atoms with Gasteiger partial charge in [0.2, 0.25) is 0 Å². The number of benzene rings is 1. The van der Waals surface area contributed by atoms with Gasteiger partial charge in [-0.3, -0.25) is 0 Å². The molecule has 1 rings (SSSR count). The normalized spacial score (nSPS) is 12.5. The molecule has 17 heavy (non-hydrogen) atoms. The van der Waals surface area contributed by atoms with Crippen LogP contribution in [0.5, 0.6) is 5.75 Å². The van der Waals surface area contributed by atoms with Gasteiger partial charge in [-0.15, -0.1) is 0 Å². The summed E-state index contributed by atoms with van der Waals surface area (Å²) in [7, 11) is 0. The van der Waals surface area contributed by atoms with Crippen molar-refractivity contribution in [3.8, 4) is 5.75 Å². The first kappa shape index (κ1) is 14.0. The number of para-hydroxylation sites is 1. The standard InChI is InChI=1S/C15H25NO/c1-5-8-13(4)17-15-12(3)9-7-10-14(15)11-16-6-2/h7,9-10,13,16H,5-6,8,11H2,1-4H3. The van der Waals surface area contributed by atoms with E-state index < -0.39 is 0 Å². The highest BCUT2D eigenvalue weighted by molar-refractivity contribution is 5.40. The van der Waals surface area contributed by atoms with Crippen molar-refractivity contribution in [2.45, 2.75) is 53.2 Å². The molecule has 0 bridgehead atoms. The first-order chi connectivity index (χ1) is 8.19. The molecule has 0 fully saturated rings. The van der Waals surface area contributed by atoms with Crippen LogP contribution in [0.3, 0.4) is 0 Å². The lowest BCUT2D eigenvalue weighted by atomic mass is 10.1. The Morgan fingerprint density at radius 2 is 2.06 bits per heavy atom. The molecule has 0 saturated carbocycles. The van der Waals surface area contributed by atoms with Crippen LogP contribution in [-0.4, -0.2) is 12.6 Å². The molecule has 0 spiro atoms. The van der Waals surface area contributed by atoms with Crippen molar-refractivity contribution in [2.75, 3.05) is 6.54 Å². The summed E-state index contributed by atoms with van der Waals surface area (Å²) in [5.74, 6) is 1.06. The molecule has 1 N–H and O–H groups in total. The average Bonchev–Trinajstić information content (AvgIpc) is 2.30. The number of hydrogen-bond acceptors (Lipinski definition) is 2. The first-order valence-corrected chi connectivity index (χ1v) is 6.64. The minimum atomic E-state index is 0.293. The van der Waals surface area contributed by atoms with E-state index in [9.17, 15) is 0 Å². The Bertz CT molecular complexity index is 336. The zero-order valence-corrected chi connectivity index (χ0v) is 11.5. The summed E-state index contributed by atoms with van der Waals surface area (Å²) in [6.45, 7) is 10.4. The molecular formula is C15H25NO. The van der Waals surface area contributed by atoms with Crippen LogP contribution in [0.4, 0.5) is 0 Å². The van der Waals surface area contributed by atoms with Crippen LogP contribution < -0.4 is 10.1 Å². The van der Waals surface area contributed by atoms with E-state index in [1.54, 1.807) is 0 Å². The molecular weight excluding hydrogens is 210 g/mol. The van der Waals surface area contributed by atoms with Gasteiger partial charge in [-0.05, 0) is 32.4 Å². The van der Waals surface area contributed by atoms with Crippen molar-refractivity contribution < 1.29 is 4.74 Å². The van der Waals surface area contributed by atoms with Gasteiger partial charge >= 0.3 is 0 Å². The van der Waals surface area contributed by atoms with E-state index in [2.05, 4.69) is 51.2 Å². The molecule has 0 amide bonds. The molecule has 96 valence electrons. The Labute approximate surface area is 105 Å². The minimum Gasteiger partial charge on any atom is -0.490 e. The number of aryl methyl sites for hydroxylation is 1. The second-order valence-corrected chi connectivity index (χ2v) is 4.56. The van der Waals surface area contributed by atoms with Crippen LogP contribution >= 0.6 is 0 Å². The Kier molecular flexibility index (Phi) is 6.06. The Morgan fingerprint density at radius 3 is 2.71 bits per heavy atom. The van der Waals surface area contributed by atoms with Gasteiger partial charge in [0.25, 0.3) is 0 Å². The van der Waals surface area contributed by atoms with Crippen LogP contribution in [0, 0.1) is 6.92 Å². The number of ether oxygens (including phenoxy) is 1. The summed E-state index contributed by atoms with van der Waals surface area (Å²) in [6, 6.07) is 6.35. The van der Waals surface area contributed by atoms with Gasteiger partial charge in [-0.25, -0.2) is 0 Å². The zero-order chi connectivity index (χ0) is 12.7. The van der Waals surface area contributed by atoms with Crippen LogP contribution in [0.2, 0.25) is 0 Å². The van der Waals surface area contributed by atoms with Gasteiger partial charge in [0, 0.05) is 12.1 Å². The molecule has 1 unspecified atom stereocenters. The highest BCUT2D eigenvalue weighted by Gasteiger charge is 2.10. The molecule has 0 saturated heterocycles. The van der Waals surface area contributed by atoms with E-state index in [1.165, 1.54) is 11.1 Å². The molecule has 0 heterocycles. The quantitative estimate of drug-likeness (QED) is 0.778. The van der Waals surface area contributed by atoms with Crippen molar-refractivity contribution in [2.24, 2.45) is 0 Å². The smallest absolute Gasteiger partial charge is 0.127 e. The van der Waals surface area contributed by atoms with Crippen molar-refractivity contribution in [3.05, 3.63) is 29.3 Å². The monoisotopic (exact) mass is 235 g/mol. The molecule has 0 radical (unpaired) electrons. The Morgan fingerprint density at radius 1 is 1.29 bits per heavy atom. The third-order valence-corrected chi connectivity index (χ3v) is 2.87. The Hall–Kier alpha value is -1.02. The third kappa shape index (κ3) is 4.39. The molecule has 1 aromatic rings. The lowest BCUT2D eigenvalue weighted by Crippen LogP contribution is -2.17. The van der Waals surface area contributed by atoms with Crippen LogP contribution in [0.25, 0.3) is 0 Å². The van der Waals surface area contributed by atoms with Crippen LogP contribution in [-0.2, 0) is 6.54 Å². The maximum Gasteiger partial charge on any atom is 0.127 e. The summed E-state index contributed by atoms with van der Waals surface area (Å²) in [6.07, 6.45) is 2.56. The topological polar surface area (TPSA) is 21.3 Å². The second-order valence-electron chi connectivity index (χ2n) is 4.56. The lowest BCUT2D eigenvalue weighted by Gasteiger charge is -2.19.